The lowest BCUT2D eigenvalue weighted by Gasteiger charge is -2.21. The topological polar surface area (TPSA) is 18.5 Å². The first-order chi connectivity index (χ1) is 25.3. The van der Waals surface area contributed by atoms with Gasteiger partial charge in [0, 0.05) is 23.3 Å². The number of rotatable bonds is 9. The lowest BCUT2D eigenvalue weighted by atomic mass is 10.0. The fourth-order valence-electron chi connectivity index (χ4n) is 5.47. The Bertz CT molecular complexity index is 2340. The number of halogens is 13. The molecular weight excluding hydrogens is 747 g/mol. The average Bonchev–Trinajstić information content (AvgIpc) is 3.06. The van der Waals surface area contributed by atoms with Gasteiger partial charge in [-0.2, -0.15) is 17.6 Å². The van der Waals surface area contributed by atoms with Crippen molar-refractivity contribution in [2.24, 2.45) is 0 Å². The summed E-state index contributed by atoms with van der Waals surface area (Å²) in [5, 5.41) is 0. The summed E-state index contributed by atoms with van der Waals surface area (Å²) < 4.78 is 199. The second kappa shape index (κ2) is 14.1. The highest BCUT2D eigenvalue weighted by molar-refractivity contribution is 5.67. The zero-order valence-corrected chi connectivity index (χ0v) is 27.0. The largest absolute Gasteiger partial charge is 0.432 e. The average molecular weight is 767 g/mol. The second-order valence-electron chi connectivity index (χ2n) is 11.8. The van der Waals surface area contributed by atoms with E-state index in [0.29, 0.717) is 60.2 Å². The molecule has 6 aromatic carbocycles. The molecule has 54 heavy (non-hydrogen) atoms. The van der Waals surface area contributed by atoms with Crippen molar-refractivity contribution in [1.29, 1.82) is 0 Å². The Balaban J connectivity index is 1.21. The van der Waals surface area contributed by atoms with Gasteiger partial charge in [0.1, 0.15) is 57.5 Å². The SMILES string of the molecule is Cc1ccc(-c2cc(F)c(C(F)(F)Oc3ccc(-c4cc(F)c(C(F)(F)Oc5ccc(-c6cc(F)c(F)c(F)c6)c(F)c5)c(F)c4)c(F)c3)c(F)c2)cc1. The first kappa shape index (κ1) is 37.8. The van der Waals surface area contributed by atoms with Crippen LogP contribution < -0.4 is 9.47 Å². The van der Waals surface area contributed by atoms with Gasteiger partial charge in [-0.05, 0) is 89.8 Å². The van der Waals surface area contributed by atoms with E-state index in [1.165, 1.54) is 12.1 Å². The molecule has 0 aliphatic rings. The molecule has 0 heterocycles. The summed E-state index contributed by atoms with van der Waals surface area (Å²) >= 11 is 0. The van der Waals surface area contributed by atoms with Crippen LogP contribution >= 0.6 is 0 Å². The number of aryl methyl sites for hydroxylation is 1. The van der Waals surface area contributed by atoms with Gasteiger partial charge in [-0.1, -0.05) is 29.8 Å². The number of hydrogen-bond donors (Lipinski definition) is 0. The number of hydrogen-bond acceptors (Lipinski definition) is 2. The summed E-state index contributed by atoms with van der Waals surface area (Å²) in [7, 11) is 0. The summed E-state index contributed by atoms with van der Waals surface area (Å²) in [5.41, 5.74) is -5.19. The molecular formula is C39H19F13O2. The smallest absolute Gasteiger partial charge is 0.429 e. The molecule has 0 spiro atoms. The summed E-state index contributed by atoms with van der Waals surface area (Å²) in [6.07, 6.45) is -9.54. The lowest BCUT2D eigenvalue weighted by Crippen LogP contribution is -2.25. The van der Waals surface area contributed by atoms with Crippen molar-refractivity contribution in [2.45, 2.75) is 19.1 Å². The zero-order chi connectivity index (χ0) is 39.3. The maximum atomic E-state index is 15.1. The highest BCUT2D eigenvalue weighted by atomic mass is 19.3. The summed E-state index contributed by atoms with van der Waals surface area (Å²) in [4.78, 5) is 0. The normalized spacial score (nSPS) is 11.9. The Morgan fingerprint density at radius 3 is 1.09 bits per heavy atom. The van der Waals surface area contributed by atoms with Crippen molar-refractivity contribution in [2.75, 3.05) is 0 Å². The molecule has 0 atom stereocenters. The van der Waals surface area contributed by atoms with E-state index in [-0.39, 0.29) is 17.7 Å². The molecule has 0 unspecified atom stereocenters. The molecule has 0 amide bonds. The third-order valence-corrected chi connectivity index (χ3v) is 8.03. The fraction of sp³-hybridized carbons (Fsp3) is 0.0769. The summed E-state index contributed by atoms with van der Waals surface area (Å²) in [6.45, 7) is 1.76. The Morgan fingerprint density at radius 1 is 0.370 bits per heavy atom. The van der Waals surface area contributed by atoms with Gasteiger partial charge in [0.15, 0.2) is 17.5 Å². The van der Waals surface area contributed by atoms with Crippen LogP contribution in [0.25, 0.3) is 33.4 Å². The molecule has 6 rings (SSSR count). The zero-order valence-electron chi connectivity index (χ0n) is 27.0. The molecule has 0 N–H and O–H groups in total. The van der Waals surface area contributed by atoms with Gasteiger partial charge >= 0.3 is 12.2 Å². The van der Waals surface area contributed by atoms with E-state index >= 15 is 30.7 Å². The van der Waals surface area contributed by atoms with Gasteiger partial charge in [0.05, 0.1) is 0 Å². The third kappa shape index (κ3) is 7.43. The number of ether oxygens (including phenoxy) is 2. The third-order valence-electron chi connectivity index (χ3n) is 8.03. The highest BCUT2D eigenvalue weighted by Crippen LogP contribution is 2.41. The van der Waals surface area contributed by atoms with Crippen LogP contribution in [0.1, 0.15) is 16.7 Å². The van der Waals surface area contributed by atoms with Crippen LogP contribution in [0.5, 0.6) is 11.5 Å². The Morgan fingerprint density at radius 2 is 0.722 bits per heavy atom. The Hall–Kier alpha value is -5.99. The fourth-order valence-corrected chi connectivity index (χ4v) is 5.47. The minimum Gasteiger partial charge on any atom is -0.429 e. The van der Waals surface area contributed by atoms with Crippen LogP contribution in [-0.4, -0.2) is 0 Å². The van der Waals surface area contributed by atoms with Crippen molar-refractivity contribution in [3.05, 3.63) is 166 Å². The highest BCUT2D eigenvalue weighted by Gasteiger charge is 2.43. The predicted molar refractivity (Wildman–Crippen MR) is 169 cm³/mol. The van der Waals surface area contributed by atoms with Gasteiger partial charge in [-0.3, -0.25) is 0 Å². The van der Waals surface area contributed by atoms with Crippen molar-refractivity contribution in [1.82, 2.24) is 0 Å². The van der Waals surface area contributed by atoms with Crippen LogP contribution in [0.4, 0.5) is 57.1 Å². The molecule has 0 radical (unpaired) electrons. The molecule has 0 bridgehead atoms. The van der Waals surface area contributed by atoms with Gasteiger partial charge in [0.2, 0.25) is 0 Å². The quantitative estimate of drug-likeness (QED) is 0.108. The van der Waals surface area contributed by atoms with Gasteiger partial charge < -0.3 is 9.47 Å². The van der Waals surface area contributed by atoms with Crippen LogP contribution in [-0.2, 0) is 12.2 Å². The minimum atomic E-state index is -4.85. The first-order valence-electron chi connectivity index (χ1n) is 15.3. The minimum absolute atomic E-state index is 0.0570. The van der Waals surface area contributed by atoms with Gasteiger partial charge in [-0.25, -0.2) is 39.5 Å². The molecule has 0 aromatic heterocycles. The monoisotopic (exact) mass is 766 g/mol. The predicted octanol–water partition coefficient (Wildman–Crippen LogP) is 12.5. The van der Waals surface area contributed by atoms with E-state index in [1.54, 1.807) is 19.1 Å². The van der Waals surface area contributed by atoms with E-state index in [9.17, 15) is 26.3 Å². The van der Waals surface area contributed by atoms with Crippen LogP contribution in [0.2, 0.25) is 0 Å². The van der Waals surface area contributed by atoms with Crippen molar-refractivity contribution >= 4 is 0 Å². The van der Waals surface area contributed by atoms with Gasteiger partial charge in [-0.15, -0.1) is 0 Å². The van der Waals surface area contributed by atoms with E-state index < -0.39 is 109 Å². The first-order valence-corrected chi connectivity index (χ1v) is 15.3. The van der Waals surface area contributed by atoms with Crippen molar-refractivity contribution in [3.63, 3.8) is 0 Å². The van der Waals surface area contributed by atoms with E-state index in [2.05, 4.69) is 9.47 Å². The maximum absolute atomic E-state index is 15.1. The van der Waals surface area contributed by atoms with E-state index in [0.717, 1.165) is 11.6 Å². The summed E-state index contributed by atoms with van der Waals surface area (Å²) in [5.74, 6) is -17.4. The standard InChI is InChI=1S/C39H19F13O2/c1-18-2-4-19(5-3-18)20-10-29(42)35(30(43)11-20)38(49,50)53-23-6-8-25(27(40)16-23)21-12-31(44)36(32(45)13-21)39(51,52)54-24-7-9-26(28(41)17-24)22-14-33(46)37(48)34(47)15-22/h2-17H,1H3. The van der Waals surface area contributed by atoms with Crippen LogP contribution in [0.15, 0.2) is 97.1 Å². The Labute approximate surface area is 296 Å². The molecule has 0 saturated carbocycles. The molecule has 0 aliphatic carbocycles. The van der Waals surface area contributed by atoms with E-state index in [4.69, 9.17) is 0 Å². The van der Waals surface area contributed by atoms with E-state index in [1.807, 2.05) is 0 Å². The molecule has 278 valence electrons. The Kier molecular flexibility index (Phi) is 9.86. The summed E-state index contributed by atoms with van der Waals surface area (Å²) in [6, 6.07) is 12.3. The molecule has 0 aliphatic heterocycles. The lowest BCUT2D eigenvalue weighted by molar-refractivity contribution is -0.190. The molecule has 2 nitrogen and oxygen atoms in total. The molecule has 6 aromatic rings. The second-order valence-corrected chi connectivity index (χ2v) is 11.8. The molecule has 0 fully saturated rings. The number of alkyl halides is 4. The molecule has 15 heteroatoms. The van der Waals surface area contributed by atoms with Crippen LogP contribution in [0, 0.1) is 59.3 Å². The number of benzene rings is 6. The maximum Gasteiger partial charge on any atom is 0.432 e. The van der Waals surface area contributed by atoms with Crippen molar-refractivity contribution in [3.8, 4) is 44.9 Å². The van der Waals surface area contributed by atoms with Gasteiger partial charge in [0.25, 0.3) is 0 Å². The van der Waals surface area contributed by atoms with Crippen molar-refractivity contribution < 1.29 is 66.5 Å². The van der Waals surface area contributed by atoms with Crippen LogP contribution in [0.3, 0.4) is 0 Å². The molecule has 0 saturated heterocycles.